The normalized spacial score (nSPS) is 22.7. The first-order valence-electron chi connectivity index (χ1n) is 23.2. The van der Waals surface area contributed by atoms with E-state index in [1.807, 2.05) is 18.5 Å². The van der Waals surface area contributed by atoms with E-state index in [1.54, 1.807) is 26.0 Å². The van der Waals surface area contributed by atoms with Crippen LogP contribution in [0.1, 0.15) is 102 Å². The molecule has 16 nitrogen and oxygen atoms in total. The average Bonchev–Trinajstić information content (AvgIpc) is 4.16. The number of ether oxygens (including phenoxy) is 2. The standard InChI is InChI=1S/C49H61N9O7S/c1-8-13-42(59)56-23-20-33(27-56)58(63)55(6)44(31-14-9-10-15-31)46(60)52-38-25-41-51-39(28-66-41)32-18-19-40-35(24-32)36(45(54(40)5)34-16-11-21-50-43(34)30(2)64-7)26-49(3,4)29-65-48(62)37-17-12-22-57(53-37)47(38)61/h18-19,21,24,28,30,33,37-38,53H,9-12,14-17,20,22-23,25-27,29H2,1-7H3/p+1/t30-,33-,37-,38-/m0/s1. The number of hydrazine groups is 2. The van der Waals surface area contributed by atoms with Crippen LogP contribution < -0.4 is 10.7 Å². The lowest BCUT2D eigenvalue weighted by molar-refractivity contribution is -0.716. The van der Waals surface area contributed by atoms with E-state index in [0.29, 0.717) is 56.6 Å². The molecule has 4 atom stereocenters. The SMILES string of the molecule is CC#CC(=O)N1CC[C@H]([N+](=O)N(C)C(C(=O)N[C@H]2Cc3nc(cs3)-c3ccc4c(c3)c(c(C3=C([C@H](C)OC)N=CCC3)n4C)CC(C)(C)COC(=O)[C@@H]3CCCN(N3)C2=O)=C2CCCC2)C1. The van der Waals surface area contributed by atoms with Crippen LogP contribution in [0.15, 0.2) is 45.5 Å². The van der Waals surface area contributed by atoms with Crippen molar-refractivity contribution < 1.29 is 33.5 Å². The van der Waals surface area contributed by atoms with E-state index in [9.17, 15) is 24.1 Å². The van der Waals surface area contributed by atoms with Crippen molar-refractivity contribution in [3.8, 4) is 23.1 Å². The number of aliphatic imine (C=N–C) groups is 1. The van der Waals surface area contributed by atoms with E-state index in [-0.39, 0.29) is 37.3 Å². The number of benzene rings is 1. The summed E-state index contributed by atoms with van der Waals surface area (Å²) in [7, 11) is 5.36. The Morgan fingerprint density at radius 2 is 1.92 bits per heavy atom. The molecule has 2 aromatic heterocycles. The predicted octanol–water partition coefficient (Wildman–Crippen LogP) is 5.64. The number of aryl methyl sites for hydroxylation is 1. The van der Waals surface area contributed by atoms with Gasteiger partial charge in [0.15, 0.2) is 5.70 Å². The number of hydrogen-bond acceptors (Lipinski definition) is 11. The number of carbonyl (C=O) groups is 4. The van der Waals surface area contributed by atoms with Crippen LogP contribution in [0.3, 0.4) is 0 Å². The number of carbonyl (C=O) groups excluding carboxylic acids is 4. The highest BCUT2D eigenvalue weighted by atomic mass is 32.1. The number of cyclic esters (lactones) is 1. The smallest absolute Gasteiger partial charge is 0.324 e. The molecule has 3 fully saturated rings. The van der Waals surface area contributed by atoms with Crippen LogP contribution in [-0.2, 0) is 48.5 Å². The Bertz CT molecular complexity index is 2590. The topological polar surface area (TPSA) is 171 Å². The third-order valence-corrected chi connectivity index (χ3v) is 14.5. The molecule has 2 saturated heterocycles. The number of nitroso groups, excluding NO2 is 1. The summed E-state index contributed by atoms with van der Waals surface area (Å²) in [5.41, 5.74) is 10.7. The highest BCUT2D eigenvalue weighted by molar-refractivity contribution is 7.10. The van der Waals surface area contributed by atoms with Crippen LogP contribution in [0.5, 0.6) is 0 Å². The van der Waals surface area contributed by atoms with Crippen molar-refractivity contribution in [1.82, 2.24) is 35.2 Å². The van der Waals surface area contributed by atoms with Gasteiger partial charge in [0.1, 0.15) is 17.0 Å². The summed E-state index contributed by atoms with van der Waals surface area (Å²) in [6, 6.07) is 3.90. The molecule has 1 saturated carbocycles. The molecule has 66 heavy (non-hydrogen) atoms. The third kappa shape index (κ3) is 9.59. The fourth-order valence-electron chi connectivity index (χ4n) is 10.1. The number of esters is 1. The molecule has 350 valence electrons. The highest BCUT2D eigenvalue weighted by Gasteiger charge is 2.43. The minimum atomic E-state index is -1.10. The van der Waals surface area contributed by atoms with E-state index in [4.69, 9.17) is 19.5 Å². The second-order valence-corrected chi connectivity index (χ2v) is 19.8. The molecule has 0 unspecified atom stereocenters. The molecule has 2 N–H and O–H groups in total. The monoisotopic (exact) mass is 920 g/mol. The quantitative estimate of drug-likeness (QED) is 0.0949. The zero-order valence-electron chi connectivity index (χ0n) is 39.2. The number of thiazole rings is 1. The molecule has 4 aliphatic heterocycles. The Hall–Kier alpha value is -5.70. The molecule has 3 amide bonds. The van der Waals surface area contributed by atoms with Gasteiger partial charge in [0.05, 0.1) is 47.6 Å². The summed E-state index contributed by atoms with van der Waals surface area (Å²) in [5.74, 6) is 3.42. The van der Waals surface area contributed by atoms with Gasteiger partial charge in [-0.2, -0.15) is 0 Å². The Labute approximate surface area is 390 Å². The van der Waals surface area contributed by atoms with Crippen LogP contribution in [0.4, 0.5) is 0 Å². The molecule has 0 spiro atoms. The Morgan fingerprint density at radius 3 is 2.68 bits per heavy atom. The molecule has 1 aliphatic carbocycles. The second kappa shape index (κ2) is 19.6. The van der Waals surface area contributed by atoms with E-state index in [0.717, 1.165) is 80.8 Å². The van der Waals surface area contributed by atoms with Gasteiger partial charge < -0.3 is 24.3 Å². The number of aromatic nitrogens is 2. The van der Waals surface area contributed by atoms with Crippen molar-refractivity contribution in [2.24, 2.45) is 17.5 Å². The first-order chi connectivity index (χ1) is 31.7. The number of nitrogens with one attached hydrogen (secondary N) is 2. The number of methoxy groups -OCH3 is 1. The van der Waals surface area contributed by atoms with Gasteiger partial charge in [-0.15, -0.1) is 16.3 Å². The van der Waals surface area contributed by atoms with Gasteiger partial charge >= 0.3 is 5.97 Å². The van der Waals surface area contributed by atoms with Crippen molar-refractivity contribution in [3.63, 3.8) is 0 Å². The zero-order valence-corrected chi connectivity index (χ0v) is 40.0. The molecule has 1 aromatic carbocycles. The van der Waals surface area contributed by atoms with Crippen molar-refractivity contribution >= 4 is 57.7 Å². The molecule has 0 radical (unpaired) electrons. The molecule has 17 heteroatoms. The largest absolute Gasteiger partial charge is 0.464 e. The van der Waals surface area contributed by atoms with Gasteiger partial charge in [-0.1, -0.05) is 25.8 Å². The summed E-state index contributed by atoms with van der Waals surface area (Å²) >= 11 is 1.41. The van der Waals surface area contributed by atoms with Crippen LogP contribution in [0, 0.1) is 22.2 Å². The Kier molecular flexibility index (Phi) is 13.9. The van der Waals surface area contributed by atoms with Crippen molar-refractivity contribution in [3.05, 3.63) is 61.7 Å². The lowest BCUT2D eigenvalue weighted by atomic mass is 9.83. The number of allylic oxidation sites excluding steroid dienone is 2. The molecule has 5 aliphatic rings. The summed E-state index contributed by atoms with van der Waals surface area (Å²) < 4.78 is 14.2. The number of hydrogen-bond donors (Lipinski definition) is 2. The Balaban J connectivity index is 1.16. The fourth-order valence-corrected chi connectivity index (χ4v) is 10.9. The predicted molar refractivity (Wildman–Crippen MR) is 252 cm³/mol. The number of nitrogens with zero attached hydrogens (tertiary/aromatic N) is 7. The van der Waals surface area contributed by atoms with Crippen LogP contribution in [0.2, 0.25) is 0 Å². The van der Waals surface area contributed by atoms with Gasteiger partial charge in [-0.3, -0.25) is 29.2 Å². The van der Waals surface area contributed by atoms with Gasteiger partial charge in [-0.05, 0) is 101 Å². The van der Waals surface area contributed by atoms with Gasteiger partial charge in [-0.25, -0.2) is 10.4 Å². The lowest BCUT2D eigenvalue weighted by Crippen LogP contribution is -2.61. The van der Waals surface area contributed by atoms with Crippen molar-refractivity contribution in [2.45, 2.75) is 123 Å². The van der Waals surface area contributed by atoms with E-state index >= 15 is 0 Å². The zero-order chi connectivity index (χ0) is 46.9. The maximum Gasteiger partial charge on any atom is 0.324 e. The number of fused-ring (bicyclic) bond motifs is 6. The summed E-state index contributed by atoms with van der Waals surface area (Å²) in [6.07, 6.45) is 8.49. The summed E-state index contributed by atoms with van der Waals surface area (Å²) in [5, 5.41) is 9.49. The van der Waals surface area contributed by atoms with E-state index in [2.05, 4.69) is 66.2 Å². The number of amides is 3. The fraction of sp³-hybridized carbons (Fsp3) is 0.551. The van der Waals surface area contributed by atoms with Gasteiger partial charge in [0.25, 0.3) is 23.8 Å². The molecule has 8 rings (SSSR count). The summed E-state index contributed by atoms with van der Waals surface area (Å²) in [4.78, 5) is 82.2. The van der Waals surface area contributed by atoms with E-state index < -0.39 is 41.3 Å². The minimum absolute atomic E-state index is 0.0699. The first kappa shape index (κ1) is 46.8. The lowest BCUT2D eigenvalue weighted by Gasteiger charge is -2.35. The van der Waals surface area contributed by atoms with Crippen LogP contribution >= 0.6 is 11.3 Å². The molecule has 6 heterocycles. The van der Waals surface area contributed by atoms with Crippen molar-refractivity contribution in [2.75, 3.05) is 40.4 Å². The van der Waals surface area contributed by atoms with Crippen LogP contribution in [0.25, 0.3) is 27.7 Å². The summed E-state index contributed by atoms with van der Waals surface area (Å²) in [6.45, 7) is 8.84. The molecular formula is C49H62N9O7S+. The number of likely N-dealkylation sites (N-methyl/N-ethyl adjacent to an activating group) is 1. The van der Waals surface area contributed by atoms with Gasteiger partial charge in [0, 0.05) is 84.8 Å². The molecular weight excluding hydrogens is 859 g/mol. The Morgan fingerprint density at radius 1 is 1.14 bits per heavy atom. The first-order valence-corrected chi connectivity index (χ1v) is 24.1. The molecule has 6 bridgehead atoms. The number of likely N-dealkylation sites (tertiary alicyclic amines) is 1. The van der Waals surface area contributed by atoms with Crippen LogP contribution in [-0.4, -0.2) is 124 Å². The molecule has 3 aromatic rings. The van der Waals surface area contributed by atoms with Gasteiger partial charge in [0.2, 0.25) is 0 Å². The second-order valence-electron chi connectivity index (χ2n) is 18.9. The number of rotatable bonds is 8. The third-order valence-electron chi connectivity index (χ3n) is 13.6. The minimum Gasteiger partial charge on any atom is -0.464 e. The van der Waals surface area contributed by atoms with Crippen molar-refractivity contribution in [1.29, 1.82) is 0 Å². The average molecular weight is 921 g/mol. The maximum atomic E-state index is 14.7. The highest BCUT2D eigenvalue weighted by Crippen LogP contribution is 2.41. The van der Waals surface area contributed by atoms with E-state index in [1.165, 1.54) is 21.4 Å². The maximum absolute atomic E-state index is 14.7.